The van der Waals surface area contributed by atoms with Crippen molar-refractivity contribution in [1.82, 2.24) is 5.32 Å². The lowest BCUT2D eigenvalue weighted by Gasteiger charge is -2.00. The lowest BCUT2D eigenvalue weighted by atomic mass is 10.3. The number of halogens is 1. The molecule has 0 heterocycles. The van der Waals surface area contributed by atoms with Gasteiger partial charge in [0.25, 0.3) is 0 Å². The number of nitrogens with two attached hydrogens (primary N) is 1. The van der Waals surface area contributed by atoms with Crippen LogP contribution in [0.25, 0.3) is 0 Å². The molecule has 1 atom stereocenters. The van der Waals surface area contributed by atoms with Gasteiger partial charge < -0.3 is 16.2 Å². The lowest BCUT2D eigenvalue weighted by Crippen LogP contribution is -2.28. The van der Waals surface area contributed by atoms with E-state index in [-0.39, 0.29) is 0 Å². The molecule has 4 nitrogen and oxygen atoms in total. The van der Waals surface area contributed by atoms with Crippen molar-refractivity contribution in [2.75, 3.05) is 7.05 Å². The van der Waals surface area contributed by atoms with E-state index in [1.54, 1.807) is 7.05 Å². The minimum absolute atomic E-state index is 0.572. The maximum atomic E-state index is 10.1. The molecule has 0 bridgehead atoms. The minimum atomic E-state index is -1.05. The molecule has 0 spiro atoms. The molecule has 0 rings (SSSR count). The Morgan fingerprint density at radius 2 is 2.40 bits per heavy atom. The number of carboxylic acids is 1. The zero-order valence-electron chi connectivity index (χ0n) is 5.47. The topological polar surface area (TPSA) is 75.3 Å². The SMILES string of the molecule is CN/C(Br)=C\C(N)C(=O)O. The first-order valence-electron chi connectivity index (χ1n) is 2.61. The van der Waals surface area contributed by atoms with Crippen molar-refractivity contribution >= 4 is 21.9 Å². The summed E-state index contributed by atoms with van der Waals surface area (Å²) >= 11 is 3.05. The highest BCUT2D eigenvalue weighted by Crippen LogP contribution is 1.98. The molecule has 0 fully saturated rings. The van der Waals surface area contributed by atoms with Gasteiger partial charge >= 0.3 is 5.97 Å². The number of rotatable bonds is 3. The molecule has 0 saturated carbocycles. The van der Waals surface area contributed by atoms with Crippen molar-refractivity contribution in [3.63, 3.8) is 0 Å². The molecule has 4 N–H and O–H groups in total. The van der Waals surface area contributed by atoms with Gasteiger partial charge in [-0.05, 0) is 22.0 Å². The van der Waals surface area contributed by atoms with Crippen LogP contribution in [0.2, 0.25) is 0 Å². The predicted molar refractivity (Wildman–Crippen MR) is 41.7 cm³/mol. The Labute approximate surface area is 67.2 Å². The monoisotopic (exact) mass is 208 g/mol. The molecular formula is C5H9BrN2O2. The fourth-order valence-electron chi connectivity index (χ4n) is 0.312. The molecule has 0 radical (unpaired) electrons. The van der Waals surface area contributed by atoms with Crippen LogP contribution in [-0.4, -0.2) is 24.2 Å². The first kappa shape index (κ1) is 9.45. The molecule has 0 aliphatic heterocycles. The Balaban J connectivity index is 3.99. The van der Waals surface area contributed by atoms with Gasteiger partial charge in [0.2, 0.25) is 0 Å². The minimum Gasteiger partial charge on any atom is -0.480 e. The zero-order valence-corrected chi connectivity index (χ0v) is 7.05. The summed E-state index contributed by atoms with van der Waals surface area (Å²) < 4.78 is 0.572. The molecule has 0 saturated heterocycles. The summed E-state index contributed by atoms with van der Waals surface area (Å²) in [7, 11) is 1.66. The average molecular weight is 209 g/mol. The Bertz CT molecular complexity index is 158. The first-order valence-corrected chi connectivity index (χ1v) is 3.40. The average Bonchev–Trinajstić information content (AvgIpc) is 1.87. The van der Waals surface area contributed by atoms with Gasteiger partial charge in [0, 0.05) is 7.05 Å². The van der Waals surface area contributed by atoms with E-state index < -0.39 is 12.0 Å². The molecule has 0 aromatic heterocycles. The molecule has 0 aliphatic rings. The van der Waals surface area contributed by atoms with Crippen LogP contribution in [0.15, 0.2) is 10.7 Å². The van der Waals surface area contributed by atoms with Crippen LogP contribution in [0.4, 0.5) is 0 Å². The molecule has 5 heteroatoms. The lowest BCUT2D eigenvalue weighted by molar-refractivity contribution is -0.137. The highest BCUT2D eigenvalue weighted by atomic mass is 79.9. The van der Waals surface area contributed by atoms with E-state index in [9.17, 15) is 4.79 Å². The van der Waals surface area contributed by atoms with E-state index in [0.717, 1.165) is 0 Å². The van der Waals surface area contributed by atoms with Crippen molar-refractivity contribution in [3.8, 4) is 0 Å². The van der Waals surface area contributed by atoms with E-state index in [1.807, 2.05) is 0 Å². The molecular weight excluding hydrogens is 200 g/mol. The summed E-state index contributed by atoms with van der Waals surface area (Å²) in [6.45, 7) is 0. The van der Waals surface area contributed by atoms with Crippen molar-refractivity contribution in [2.24, 2.45) is 5.73 Å². The second-order valence-corrected chi connectivity index (χ2v) is 2.48. The van der Waals surface area contributed by atoms with Crippen LogP contribution in [0, 0.1) is 0 Å². The second kappa shape index (κ2) is 4.29. The summed E-state index contributed by atoms with van der Waals surface area (Å²) in [5.41, 5.74) is 5.15. The van der Waals surface area contributed by atoms with Gasteiger partial charge in [0.1, 0.15) is 6.04 Å². The van der Waals surface area contributed by atoms with Crippen LogP contribution in [0.1, 0.15) is 0 Å². The van der Waals surface area contributed by atoms with Gasteiger partial charge in [0.05, 0.1) is 4.61 Å². The number of hydrogen-bond donors (Lipinski definition) is 3. The Morgan fingerprint density at radius 1 is 1.90 bits per heavy atom. The molecule has 10 heavy (non-hydrogen) atoms. The van der Waals surface area contributed by atoms with E-state index in [4.69, 9.17) is 10.8 Å². The highest BCUT2D eigenvalue weighted by Gasteiger charge is 2.07. The molecule has 1 unspecified atom stereocenters. The van der Waals surface area contributed by atoms with Gasteiger partial charge in [0.15, 0.2) is 0 Å². The third-order valence-corrected chi connectivity index (χ3v) is 1.51. The van der Waals surface area contributed by atoms with Gasteiger partial charge in [-0.15, -0.1) is 0 Å². The molecule has 58 valence electrons. The normalized spacial score (nSPS) is 14.5. The summed E-state index contributed by atoms with van der Waals surface area (Å²) in [6, 6.07) is -0.957. The summed E-state index contributed by atoms with van der Waals surface area (Å²) in [6.07, 6.45) is 1.36. The summed E-state index contributed by atoms with van der Waals surface area (Å²) in [5.74, 6) is -1.05. The Hall–Kier alpha value is -0.550. The third kappa shape index (κ3) is 3.47. The smallest absolute Gasteiger partial charge is 0.324 e. The van der Waals surface area contributed by atoms with Gasteiger partial charge in [-0.1, -0.05) is 0 Å². The summed E-state index contributed by atoms with van der Waals surface area (Å²) in [5, 5.41) is 11.0. The quantitative estimate of drug-likeness (QED) is 0.565. The third-order valence-electron chi connectivity index (χ3n) is 0.850. The Morgan fingerprint density at radius 3 is 2.70 bits per heavy atom. The number of aliphatic carboxylic acids is 1. The van der Waals surface area contributed by atoms with Gasteiger partial charge in [-0.2, -0.15) is 0 Å². The Kier molecular flexibility index (Phi) is 4.06. The largest absolute Gasteiger partial charge is 0.480 e. The van der Waals surface area contributed by atoms with E-state index in [0.29, 0.717) is 4.61 Å². The fraction of sp³-hybridized carbons (Fsp3) is 0.400. The van der Waals surface area contributed by atoms with Crippen molar-refractivity contribution < 1.29 is 9.90 Å². The van der Waals surface area contributed by atoms with Crippen LogP contribution < -0.4 is 11.1 Å². The van der Waals surface area contributed by atoms with E-state index in [1.165, 1.54) is 6.08 Å². The standard InChI is InChI=1S/C5H9BrN2O2/c1-8-4(6)2-3(7)5(9)10/h2-3,8H,7H2,1H3,(H,9,10)/b4-2-. The maximum absolute atomic E-state index is 10.1. The van der Waals surface area contributed by atoms with Crippen LogP contribution in [-0.2, 0) is 4.79 Å². The molecule has 0 amide bonds. The molecule has 0 aromatic carbocycles. The second-order valence-electron chi connectivity index (χ2n) is 1.63. The number of hydrogen-bond acceptors (Lipinski definition) is 3. The maximum Gasteiger partial charge on any atom is 0.324 e. The van der Waals surface area contributed by atoms with Crippen molar-refractivity contribution in [3.05, 3.63) is 10.7 Å². The van der Waals surface area contributed by atoms with Crippen LogP contribution >= 0.6 is 15.9 Å². The zero-order chi connectivity index (χ0) is 8.15. The van der Waals surface area contributed by atoms with E-state index in [2.05, 4.69) is 21.2 Å². The van der Waals surface area contributed by atoms with Crippen LogP contribution in [0.3, 0.4) is 0 Å². The fourth-order valence-corrected chi connectivity index (χ4v) is 0.597. The molecule has 0 aliphatic carbocycles. The van der Waals surface area contributed by atoms with Crippen molar-refractivity contribution in [1.29, 1.82) is 0 Å². The predicted octanol–water partition coefficient (Wildman–Crippen LogP) is -0.146. The number of carbonyl (C=O) groups is 1. The van der Waals surface area contributed by atoms with Crippen molar-refractivity contribution in [2.45, 2.75) is 6.04 Å². The van der Waals surface area contributed by atoms with Crippen LogP contribution in [0.5, 0.6) is 0 Å². The summed E-state index contributed by atoms with van der Waals surface area (Å²) in [4.78, 5) is 10.1. The number of nitrogens with one attached hydrogen (secondary N) is 1. The highest BCUT2D eigenvalue weighted by molar-refractivity contribution is 9.11. The number of carboxylic acid groups (broad SMARTS) is 1. The van der Waals surface area contributed by atoms with Gasteiger partial charge in [-0.25, -0.2) is 0 Å². The van der Waals surface area contributed by atoms with Gasteiger partial charge in [-0.3, -0.25) is 4.79 Å². The first-order chi connectivity index (χ1) is 4.57. The molecule has 0 aromatic rings. The van der Waals surface area contributed by atoms with E-state index >= 15 is 0 Å².